The molecular weight excluding hydrogens is 372 g/mol. The van der Waals surface area contributed by atoms with E-state index in [1.54, 1.807) is 24.1 Å². The van der Waals surface area contributed by atoms with E-state index in [1.165, 1.54) is 0 Å². The van der Waals surface area contributed by atoms with Crippen LogP contribution < -0.4 is 15.0 Å². The van der Waals surface area contributed by atoms with Gasteiger partial charge in [0.05, 0.1) is 18.7 Å². The zero-order valence-corrected chi connectivity index (χ0v) is 14.7. The fraction of sp³-hybridized carbons (Fsp3) is 0.222. The van der Waals surface area contributed by atoms with Gasteiger partial charge in [0.25, 0.3) is 0 Å². The second-order valence-corrected chi connectivity index (χ2v) is 6.49. The SMILES string of the molecule is COc1ccccc1NC(=O)C1CC(=O)N(c2cccc(Br)c2)C1. The zero-order chi connectivity index (χ0) is 17.1. The van der Waals surface area contributed by atoms with Crippen molar-refractivity contribution in [1.82, 2.24) is 0 Å². The van der Waals surface area contributed by atoms with Gasteiger partial charge in [-0.25, -0.2) is 0 Å². The molecule has 1 heterocycles. The van der Waals surface area contributed by atoms with Crippen molar-refractivity contribution in [2.24, 2.45) is 5.92 Å². The van der Waals surface area contributed by atoms with Crippen LogP contribution in [-0.4, -0.2) is 25.5 Å². The molecule has 0 spiro atoms. The molecule has 1 N–H and O–H groups in total. The minimum Gasteiger partial charge on any atom is -0.495 e. The van der Waals surface area contributed by atoms with Gasteiger partial charge in [0, 0.05) is 23.1 Å². The predicted molar refractivity (Wildman–Crippen MR) is 96.2 cm³/mol. The van der Waals surface area contributed by atoms with Crippen LogP contribution >= 0.6 is 15.9 Å². The third-order valence-electron chi connectivity index (χ3n) is 3.98. The van der Waals surface area contributed by atoms with Gasteiger partial charge >= 0.3 is 0 Å². The van der Waals surface area contributed by atoms with Crippen LogP contribution in [0.4, 0.5) is 11.4 Å². The highest BCUT2D eigenvalue weighted by Gasteiger charge is 2.35. The Labute approximate surface area is 148 Å². The van der Waals surface area contributed by atoms with E-state index in [0.29, 0.717) is 18.0 Å². The predicted octanol–water partition coefficient (Wildman–Crippen LogP) is 3.45. The summed E-state index contributed by atoms with van der Waals surface area (Å²) in [6.07, 6.45) is 0.202. The zero-order valence-electron chi connectivity index (χ0n) is 13.2. The molecule has 2 aromatic rings. The van der Waals surface area contributed by atoms with Crippen LogP contribution in [0.15, 0.2) is 53.0 Å². The van der Waals surface area contributed by atoms with E-state index in [4.69, 9.17) is 4.74 Å². The molecule has 6 heteroatoms. The molecule has 24 heavy (non-hydrogen) atoms. The fourth-order valence-corrected chi connectivity index (χ4v) is 3.15. The van der Waals surface area contributed by atoms with E-state index >= 15 is 0 Å². The summed E-state index contributed by atoms with van der Waals surface area (Å²) < 4.78 is 6.13. The topological polar surface area (TPSA) is 58.6 Å². The molecule has 0 aromatic heterocycles. The van der Waals surface area contributed by atoms with Gasteiger partial charge in [0.15, 0.2) is 0 Å². The molecule has 1 atom stereocenters. The summed E-state index contributed by atoms with van der Waals surface area (Å²) in [6, 6.07) is 14.7. The van der Waals surface area contributed by atoms with Crippen LogP contribution in [0.3, 0.4) is 0 Å². The van der Waals surface area contributed by atoms with Crippen LogP contribution in [0.2, 0.25) is 0 Å². The van der Waals surface area contributed by atoms with Gasteiger partial charge in [-0.2, -0.15) is 0 Å². The Morgan fingerprint density at radius 3 is 2.79 bits per heavy atom. The molecule has 0 bridgehead atoms. The van der Waals surface area contributed by atoms with Crippen molar-refractivity contribution in [2.75, 3.05) is 23.9 Å². The lowest BCUT2D eigenvalue weighted by Crippen LogP contribution is -2.28. The largest absolute Gasteiger partial charge is 0.495 e. The maximum Gasteiger partial charge on any atom is 0.229 e. The number of nitrogens with zero attached hydrogens (tertiary/aromatic N) is 1. The third kappa shape index (κ3) is 3.43. The molecule has 5 nitrogen and oxygen atoms in total. The van der Waals surface area contributed by atoms with Crippen molar-refractivity contribution in [1.29, 1.82) is 0 Å². The molecule has 1 aliphatic heterocycles. The Bertz CT molecular complexity index is 778. The molecule has 3 rings (SSSR count). The third-order valence-corrected chi connectivity index (χ3v) is 4.47. The molecule has 124 valence electrons. The molecular formula is C18H17BrN2O3. The summed E-state index contributed by atoms with van der Waals surface area (Å²) in [5.41, 5.74) is 1.40. The number of hydrogen-bond acceptors (Lipinski definition) is 3. The monoisotopic (exact) mass is 388 g/mol. The van der Waals surface area contributed by atoms with Gasteiger partial charge in [-0.15, -0.1) is 0 Å². The lowest BCUT2D eigenvalue weighted by molar-refractivity contribution is -0.122. The summed E-state index contributed by atoms with van der Waals surface area (Å²) >= 11 is 3.40. The number of halogens is 1. The first-order valence-corrected chi connectivity index (χ1v) is 8.37. The highest BCUT2D eigenvalue weighted by Crippen LogP contribution is 2.29. The number of ether oxygens (including phenoxy) is 1. The molecule has 0 radical (unpaired) electrons. The molecule has 1 saturated heterocycles. The van der Waals surface area contributed by atoms with Gasteiger partial charge in [0.1, 0.15) is 5.75 Å². The highest BCUT2D eigenvalue weighted by atomic mass is 79.9. The average molecular weight is 389 g/mol. The number of amides is 2. The molecule has 2 amide bonds. The number of methoxy groups -OCH3 is 1. The highest BCUT2D eigenvalue weighted by molar-refractivity contribution is 9.10. The van der Waals surface area contributed by atoms with Gasteiger partial charge in [-0.3, -0.25) is 9.59 Å². The van der Waals surface area contributed by atoms with Crippen molar-refractivity contribution in [3.05, 3.63) is 53.0 Å². The van der Waals surface area contributed by atoms with Gasteiger partial charge in [-0.05, 0) is 30.3 Å². The summed E-state index contributed by atoms with van der Waals surface area (Å²) in [4.78, 5) is 26.4. The molecule has 2 aromatic carbocycles. The quantitative estimate of drug-likeness (QED) is 0.872. The van der Waals surface area contributed by atoms with Gasteiger partial charge in [-0.1, -0.05) is 34.1 Å². The van der Waals surface area contributed by atoms with Crippen molar-refractivity contribution in [2.45, 2.75) is 6.42 Å². The average Bonchev–Trinajstić information content (AvgIpc) is 2.97. The van der Waals surface area contributed by atoms with E-state index in [-0.39, 0.29) is 24.2 Å². The summed E-state index contributed by atoms with van der Waals surface area (Å²) in [5, 5.41) is 2.86. The Morgan fingerprint density at radius 2 is 2.04 bits per heavy atom. The second kappa shape index (κ2) is 7.05. The Balaban J connectivity index is 1.72. The second-order valence-electron chi connectivity index (χ2n) is 5.57. The smallest absolute Gasteiger partial charge is 0.229 e. The van der Waals surface area contributed by atoms with Crippen LogP contribution in [0.5, 0.6) is 5.75 Å². The Morgan fingerprint density at radius 1 is 1.25 bits per heavy atom. The maximum atomic E-state index is 12.5. The number of nitrogens with one attached hydrogen (secondary N) is 1. The van der Waals surface area contributed by atoms with Gasteiger partial charge < -0.3 is 15.0 Å². The first kappa shape index (κ1) is 16.5. The minimum atomic E-state index is -0.388. The summed E-state index contributed by atoms with van der Waals surface area (Å²) in [5.74, 6) is -0.0148. The van der Waals surface area contributed by atoms with Crippen LogP contribution in [0.25, 0.3) is 0 Å². The molecule has 1 aliphatic rings. The van der Waals surface area contributed by atoms with E-state index in [9.17, 15) is 9.59 Å². The number of carbonyl (C=O) groups is 2. The molecule has 1 unspecified atom stereocenters. The van der Waals surface area contributed by atoms with Crippen molar-refractivity contribution >= 4 is 39.1 Å². The first-order chi connectivity index (χ1) is 11.6. The van der Waals surface area contributed by atoms with Crippen LogP contribution in [0.1, 0.15) is 6.42 Å². The minimum absolute atomic E-state index is 0.0479. The molecule has 1 fully saturated rings. The van der Waals surface area contributed by atoms with E-state index in [1.807, 2.05) is 36.4 Å². The summed E-state index contributed by atoms with van der Waals surface area (Å²) in [7, 11) is 1.55. The fourth-order valence-electron chi connectivity index (χ4n) is 2.76. The van der Waals surface area contributed by atoms with Gasteiger partial charge in [0.2, 0.25) is 11.8 Å². The number of carbonyl (C=O) groups excluding carboxylic acids is 2. The maximum absolute atomic E-state index is 12.5. The Hall–Kier alpha value is -2.34. The van der Waals surface area contributed by atoms with Crippen molar-refractivity contribution in [3.8, 4) is 5.75 Å². The van der Waals surface area contributed by atoms with Crippen molar-refractivity contribution < 1.29 is 14.3 Å². The number of hydrogen-bond donors (Lipinski definition) is 1. The standard InChI is InChI=1S/C18H17BrN2O3/c1-24-16-8-3-2-7-15(16)20-18(23)12-9-17(22)21(11-12)14-6-4-5-13(19)10-14/h2-8,10,12H,9,11H2,1H3,(H,20,23). The number of para-hydroxylation sites is 2. The summed E-state index contributed by atoms with van der Waals surface area (Å²) in [6.45, 7) is 0.371. The van der Waals surface area contributed by atoms with Crippen LogP contribution in [-0.2, 0) is 9.59 Å². The van der Waals surface area contributed by atoms with E-state index in [2.05, 4.69) is 21.2 Å². The number of anilines is 2. The normalized spacial score (nSPS) is 17.0. The lowest BCUT2D eigenvalue weighted by atomic mass is 10.1. The van der Waals surface area contributed by atoms with Crippen LogP contribution in [0, 0.1) is 5.92 Å². The van der Waals surface area contributed by atoms with Crippen molar-refractivity contribution in [3.63, 3.8) is 0 Å². The lowest BCUT2D eigenvalue weighted by Gasteiger charge is -2.17. The molecule has 0 aliphatic carbocycles. The van der Waals surface area contributed by atoms with E-state index in [0.717, 1.165) is 10.2 Å². The first-order valence-electron chi connectivity index (χ1n) is 7.58. The number of rotatable bonds is 4. The molecule has 0 saturated carbocycles. The Kier molecular flexibility index (Phi) is 4.85. The van der Waals surface area contributed by atoms with E-state index < -0.39 is 0 Å². The number of benzene rings is 2.